The van der Waals surface area contributed by atoms with Crippen LogP contribution in [0.3, 0.4) is 0 Å². The maximum absolute atomic E-state index is 12.2. The van der Waals surface area contributed by atoms with Gasteiger partial charge in [0.25, 0.3) is 0 Å². The van der Waals surface area contributed by atoms with Crippen LogP contribution in [0.2, 0.25) is 5.02 Å². The molecule has 2 aromatic rings. The van der Waals surface area contributed by atoms with E-state index in [0.717, 1.165) is 22.3 Å². The quantitative estimate of drug-likeness (QED) is 0.796. The van der Waals surface area contributed by atoms with Crippen LogP contribution in [0, 0.1) is 6.92 Å². The number of halogens is 1. The number of ketones is 1. The van der Waals surface area contributed by atoms with Crippen molar-refractivity contribution in [3.63, 3.8) is 0 Å². The van der Waals surface area contributed by atoms with E-state index in [1.54, 1.807) is 7.05 Å². The van der Waals surface area contributed by atoms with Crippen LogP contribution in [0.25, 0.3) is 11.1 Å². The first kappa shape index (κ1) is 14.8. The zero-order chi connectivity index (χ0) is 15.9. The van der Waals surface area contributed by atoms with E-state index in [4.69, 9.17) is 11.6 Å². The van der Waals surface area contributed by atoms with Crippen LogP contribution < -0.4 is 0 Å². The smallest absolute Gasteiger partial charge is 0.237 e. The Bertz CT molecular complexity index is 752. The topological polar surface area (TPSA) is 37.4 Å². The van der Waals surface area contributed by atoms with E-state index in [2.05, 4.69) is 0 Å². The number of hydrogen-bond donors (Lipinski definition) is 0. The molecule has 0 bridgehead atoms. The minimum atomic E-state index is -0.669. The molecule has 0 radical (unpaired) electrons. The van der Waals surface area contributed by atoms with Crippen LogP contribution in [0.15, 0.2) is 42.5 Å². The van der Waals surface area contributed by atoms with E-state index in [1.165, 1.54) is 4.90 Å². The van der Waals surface area contributed by atoms with Gasteiger partial charge in [-0.05, 0) is 47.4 Å². The maximum Gasteiger partial charge on any atom is 0.237 e. The number of likely N-dealkylation sites (N-methyl/N-ethyl adjacent to an activating group) is 1. The third kappa shape index (κ3) is 2.53. The first-order chi connectivity index (χ1) is 10.5. The largest absolute Gasteiger partial charge is 0.337 e. The summed E-state index contributed by atoms with van der Waals surface area (Å²) in [6, 6.07) is 13.4. The maximum atomic E-state index is 12.2. The number of hydrogen-bond acceptors (Lipinski definition) is 2. The lowest BCUT2D eigenvalue weighted by Crippen LogP contribution is -2.22. The van der Waals surface area contributed by atoms with E-state index in [0.29, 0.717) is 5.02 Å². The summed E-state index contributed by atoms with van der Waals surface area (Å²) >= 11 is 5.92. The molecule has 1 aliphatic rings. The van der Waals surface area contributed by atoms with Gasteiger partial charge < -0.3 is 4.90 Å². The molecule has 0 spiro atoms. The molecule has 1 atom stereocenters. The molecule has 3 rings (SSSR count). The number of aryl methyl sites for hydroxylation is 1. The standard InChI is InChI=1S/C18H16ClNO2/c1-11-3-4-13(12-5-7-14(19)8-6-12)9-15(11)17-16(21)10-20(2)18(17)22/h3-9,17H,10H2,1-2H3. The first-order valence-corrected chi connectivity index (χ1v) is 7.49. The fourth-order valence-corrected chi connectivity index (χ4v) is 2.97. The fraction of sp³-hybridized carbons (Fsp3) is 0.222. The number of Topliss-reactive ketones (excluding diaryl/α,β-unsaturated/α-hetero) is 1. The van der Waals surface area contributed by atoms with Crippen LogP contribution in [-0.4, -0.2) is 30.2 Å². The van der Waals surface area contributed by atoms with Crippen molar-refractivity contribution in [2.24, 2.45) is 0 Å². The van der Waals surface area contributed by atoms with Crippen LogP contribution in [0.4, 0.5) is 0 Å². The van der Waals surface area contributed by atoms with Gasteiger partial charge in [0.15, 0.2) is 5.78 Å². The molecule has 1 heterocycles. The second-order valence-corrected chi connectivity index (χ2v) is 6.11. The predicted octanol–water partition coefficient (Wildman–Crippen LogP) is 3.44. The summed E-state index contributed by atoms with van der Waals surface area (Å²) in [6.07, 6.45) is 0. The normalized spacial score (nSPS) is 18.1. The average Bonchev–Trinajstić information content (AvgIpc) is 2.74. The first-order valence-electron chi connectivity index (χ1n) is 7.11. The van der Waals surface area contributed by atoms with Crippen molar-refractivity contribution in [1.29, 1.82) is 0 Å². The van der Waals surface area contributed by atoms with E-state index in [1.807, 2.05) is 49.4 Å². The fourth-order valence-electron chi connectivity index (χ4n) is 2.84. The van der Waals surface area contributed by atoms with Crippen LogP contribution in [-0.2, 0) is 9.59 Å². The van der Waals surface area contributed by atoms with Crippen molar-refractivity contribution >= 4 is 23.3 Å². The van der Waals surface area contributed by atoms with Crippen molar-refractivity contribution in [2.75, 3.05) is 13.6 Å². The SMILES string of the molecule is Cc1ccc(-c2ccc(Cl)cc2)cc1C1C(=O)CN(C)C1=O. The highest BCUT2D eigenvalue weighted by Gasteiger charge is 2.39. The van der Waals surface area contributed by atoms with E-state index in [9.17, 15) is 9.59 Å². The zero-order valence-electron chi connectivity index (χ0n) is 12.5. The predicted molar refractivity (Wildman–Crippen MR) is 87.0 cm³/mol. The van der Waals surface area contributed by atoms with Gasteiger partial charge in [0.05, 0.1) is 6.54 Å². The molecule has 1 unspecified atom stereocenters. The van der Waals surface area contributed by atoms with Gasteiger partial charge in [0.1, 0.15) is 5.92 Å². The molecule has 0 N–H and O–H groups in total. The lowest BCUT2D eigenvalue weighted by molar-refractivity contribution is -0.128. The number of likely N-dealkylation sites (tertiary alicyclic amines) is 1. The summed E-state index contributed by atoms with van der Waals surface area (Å²) in [7, 11) is 1.67. The Balaban J connectivity index is 2.06. The zero-order valence-corrected chi connectivity index (χ0v) is 13.2. The molecular weight excluding hydrogens is 298 g/mol. The molecule has 1 saturated heterocycles. The highest BCUT2D eigenvalue weighted by atomic mass is 35.5. The molecule has 2 aromatic carbocycles. The summed E-state index contributed by atoms with van der Waals surface area (Å²) in [6.45, 7) is 2.12. The van der Waals surface area contributed by atoms with E-state index < -0.39 is 5.92 Å². The number of amides is 1. The van der Waals surface area contributed by atoms with E-state index in [-0.39, 0.29) is 18.2 Å². The molecular formula is C18H16ClNO2. The van der Waals surface area contributed by atoms with E-state index >= 15 is 0 Å². The van der Waals surface area contributed by atoms with Gasteiger partial charge in [-0.2, -0.15) is 0 Å². The molecule has 22 heavy (non-hydrogen) atoms. The highest BCUT2D eigenvalue weighted by molar-refractivity contribution is 6.30. The minimum Gasteiger partial charge on any atom is -0.337 e. The van der Waals surface area contributed by atoms with Gasteiger partial charge in [0, 0.05) is 12.1 Å². The van der Waals surface area contributed by atoms with Crippen molar-refractivity contribution in [1.82, 2.24) is 4.90 Å². The summed E-state index contributed by atoms with van der Waals surface area (Å²) in [5.41, 5.74) is 3.75. The number of carbonyl (C=O) groups excluding carboxylic acids is 2. The number of nitrogens with zero attached hydrogens (tertiary/aromatic N) is 1. The van der Waals surface area contributed by atoms with Crippen molar-refractivity contribution < 1.29 is 9.59 Å². The van der Waals surface area contributed by atoms with Gasteiger partial charge in [-0.1, -0.05) is 35.9 Å². The lowest BCUT2D eigenvalue weighted by atomic mass is 9.90. The molecule has 1 amide bonds. The summed E-state index contributed by atoms with van der Waals surface area (Å²) < 4.78 is 0. The second-order valence-electron chi connectivity index (χ2n) is 5.67. The molecule has 0 aliphatic carbocycles. The number of benzene rings is 2. The Morgan fingerprint density at radius 3 is 2.27 bits per heavy atom. The van der Waals surface area contributed by atoms with Gasteiger partial charge >= 0.3 is 0 Å². The average molecular weight is 314 g/mol. The molecule has 1 aliphatic heterocycles. The Morgan fingerprint density at radius 1 is 1.05 bits per heavy atom. The minimum absolute atomic E-state index is 0.0381. The Kier molecular flexibility index (Phi) is 3.75. The van der Waals surface area contributed by atoms with Crippen LogP contribution in [0.5, 0.6) is 0 Å². The Labute approximate surface area is 134 Å². The van der Waals surface area contributed by atoms with Gasteiger partial charge in [-0.15, -0.1) is 0 Å². The van der Waals surface area contributed by atoms with Crippen molar-refractivity contribution in [3.8, 4) is 11.1 Å². The number of carbonyl (C=O) groups is 2. The second kappa shape index (κ2) is 5.58. The lowest BCUT2D eigenvalue weighted by Gasteiger charge is -2.14. The molecule has 112 valence electrons. The van der Waals surface area contributed by atoms with Crippen molar-refractivity contribution in [3.05, 3.63) is 58.6 Å². The van der Waals surface area contributed by atoms with Gasteiger partial charge in [-0.3, -0.25) is 9.59 Å². The summed E-state index contributed by atoms with van der Waals surface area (Å²) in [5.74, 6) is -0.831. The highest BCUT2D eigenvalue weighted by Crippen LogP contribution is 2.31. The van der Waals surface area contributed by atoms with Crippen LogP contribution in [0.1, 0.15) is 17.0 Å². The third-order valence-electron chi connectivity index (χ3n) is 4.11. The van der Waals surface area contributed by atoms with Gasteiger partial charge in [0.2, 0.25) is 5.91 Å². The van der Waals surface area contributed by atoms with Crippen LogP contribution >= 0.6 is 11.6 Å². The van der Waals surface area contributed by atoms with Gasteiger partial charge in [-0.25, -0.2) is 0 Å². The third-order valence-corrected chi connectivity index (χ3v) is 4.36. The molecule has 1 fully saturated rings. The molecule has 4 heteroatoms. The molecule has 0 saturated carbocycles. The summed E-state index contributed by atoms with van der Waals surface area (Å²) in [5, 5.41) is 0.679. The monoisotopic (exact) mass is 313 g/mol. The molecule has 0 aromatic heterocycles. The Morgan fingerprint density at radius 2 is 1.68 bits per heavy atom. The molecule has 3 nitrogen and oxygen atoms in total. The Hall–Kier alpha value is -2.13. The number of rotatable bonds is 2. The summed E-state index contributed by atoms with van der Waals surface area (Å²) in [4.78, 5) is 25.9. The van der Waals surface area contributed by atoms with Crippen molar-refractivity contribution in [2.45, 2.75) is 12.8 Å².